The van der Waals surface area contributed by atoms with E-state index in [2.05, 4.69) is 5.32 Å². The summed E-state index contributed by atoms with van der Waals surface area (Å²) in [6.45, 7) is 1.52. The Morgan fingerprint density at radius 3 is 2.46 bits per heavy atom. The highest BCUT2D eigenvalue weighted by atomic mass is 35.5. The molecular weight excluding hydrogens is 190 g/mol. The lowest BCUT2D eigenvalue weighted by molar-refractivity contribution is -0.306. The molecule has 1 aromatic carbocycles. The molecule has 1 rings (SSSR count). The number of carboxylic acids is 1. The van der Waals surface area contributed by atoms with Gasteiger partial charge in [-0.25, -0.2) is 0 Å². The SMILES string of the molecule is C[C@@H](Nc1ccc(Cl)cc1)C(=O)[O-]. The fraction of sp³-hybridized carbons (Fsp3) is 0.222. The van der Waals surface area contributed by atoms with Gasteiger partial charge in [0.2, 0.25) is 0 Å². The molecule has 4 heteroatoms. The van der Waals surface area contributed by atoms with Crippen LogP contribution in [0.4, 0.5) is 5.69 Å². The molecule has 0 radical (unpaired) electrons. The van der Waals surface area contributed by atoms with Crippen LogP contribution < -0.4 is 10.4 Å². The molecule has 0 bridgehead atoms. The molecule has 0 amide bonds. The second kappa shape index (κ2) is 4.14. The fourth-order valence-corrected chi connectivity index (χ4v) is 0.981. The van der Waals surface area contributed by atoms with Crippen LogP contribution in [0, 0.1) is 0 Å². The van der Waals surface area contributed by atoms with E-state index in [-0.39, 0.29) is 0 Å². The zero-order valence-corrected chi connectivity index (χ0v) is 7.84. The Morgan fingerprint density at radius 2 is 2.00 bits per heavy atom. The molecule has 3 nitrogen and oxygen atoms in total. The average Bonchev–Trinajstić information content (AvgIpc) is 2.08. The van der Waals surface area contributed by atoms with Gasteiger partial charge in [-0.3, -0.25) is 0 Å². The van der Waals surface area contributed by atoms with Crippen LogP contribution in [-0.2, 0) is 4.79 Å². The number of hydrogen-bond donors (Lipinski definition) is 1. The van der Waals surface area contributed by atoms with Crippen molar-refractivity contribution < 1.29 is 9.90 Å². The van der Waals surface area contributed by atoms with Crippen LogP contribution in [0.1, 0.15) is 6.92 Å². The number of nitrogens with one attached hydrogen (secondary N) is 1. The van der Waals surface area contributed by atoms with Crippen molar-refractivity contribution in [1.82, 2.24) is 0 Å². The highest BCUT2D eigenvalue weighted by molar-refractivity contribution is 6.30. The zero-order chi connectivity index (χ0) is 9.84. The maximum Gasteiger partial charge on any atom is 0.0634 e. The van der Waals surface area contributed by atoms with Crippen LogP contribution in [0.15, 0.2) is 24.3 Å². The molecular formula is C9H9ClNO2-. The molecule has 0 unspecified atom stereocenters. The molecule has 1 aromatic rings. The molecule has 0 aliphatic rings. The van der Waals surface area contributed by atoms with Gasteiger partial charge >= 0.3 is 0 Å². The normalized spacial score (nSPS) is 12.2. The van der Waals surface area contributed by atoms with Gasteiger partial charge in [0.15, 0.2) is 0 Å². The first-order valence-electron chi connectivity index (χ1n) is 3.82. The van der Waals surface area contributed by atoms with Crippen LogP contribution >= 0.6 is 11.6 Å². The van der Waals surface area contributed by atoms with E-state index in [0.717, 1.165) is 0 Å². The molecule has 0 aliphatic heterocycles. The number of halogens is 1. The monoisotopic (exact) mass is 198 g/mol. The third kappa shape index (κ3) is 2.95. The van der Waals surface area contributed by atoms with Crippen molar-refractivity contribution in [2.24, 2.45) is 0 Å². The van der Waals surface area contributed by atoms with E-state index in [9.17, 15) is 9.90 Å². The van der Waals surface area contributed by atoms with Gasteiger partial charge in [-0.15, -0.1) is 0 Å². The Balaban J connectivity index is 2.64. The van der Waals surface area contributed by atoms with E-state index < -0.39 is 12.0 Å². The number of carbonyl (C=O) groups excluding carboxylic acids is 1. The highest BCUT2D eigenvalue weighted by Gasteiger charge is 2.01. The number of carboxylic acid groups (broad SMARTS) is 1. The first kappa shape index (κ1) is 9.86. The maximum absolute atomic E-state index is 10.4. The minimum Gasteiger partial charge on any atom is -0.548 e. The summed E-state index contributed by atoms with van der Waals surface area (Å²) in [6, 6.07) is 6.09. The molecule has 0 heterocycles. The number of carbonyl (C=O) groups is 1. The fourth-order valence-electron chi connectivity index (χ4n) is 0.855. The first-order valence-corrected chi connectivity index (χ1v) is 4.20. The summed E-state index contributed by atoms with van der Waals surface area (Å²) in [5, 5.41) is 13.7. The van der Waals surface area contributed by atoms with E-state index in [1.54, 1.807) is 24.3 Å². The third-order valence-corrected chi connectivity index (χ3v) is 1.83. The van der Waals surface area contributed by atoms with Gasteiger partial charge in [0.25, 0.3) is 0 Å². The molecule has 0 aromatic heterocycles. The average molecular weight is 199 g/mol. The highest BCUT2D eigenvalue weighted by Crippen LogP contribution is 2.13. The van der Waals surface area contributed by atoms with Gasteiger partial charge in [-0.2, -0.15) is 0 Å². The summed E-state index contributed by atoms with van der Waals surface area (Å²) in [6.07, 6.45) is 0. The molecule has 1 N–H and O–H groups in total. The van der Waals surface area contributed by atoms with Gasteiger partial charge in [0.05, 0.1) is 12.0 Å². The number of hydrogen-bond acceptors (Lipinski definition) is 3. The molecule has 1 atom stereocenters. The Morgan fingerprint density at radius 1 is 1.46 bits per heavy atom. The van der Waals surface area contributed by atoms with Gasteiger partial charge < -0.3 is 15.2 Å². The zero-order valence-electron chi connectivity index (χ0n) is 7.08. The van der Waals surface area contributed by atoms with Crippen molar-refractivity contribution in [3.63, 3.8) is 0 Å². The second-order valence-electron chi connectivity index (χ2n) is 2.69. The molecule has 0 fully saturated rings. The molecule has 0 saturated carbocycles. The largest absolute Gasteiger partial charge is 0.548 e. The summed E-state index contributed by atoms with van der Waals surface area (Å²) in [4.78, 5) is 10.4. The summed E-state index contributed by atoms with van der Waals surface area (Å²) >= 11 is 5.65. The lowest BCUT2D eigenvalue weighted by atomic mass is 10.3. The number of anilines is 1. The summed E-state index contributed by atoms with van der Waals surface area (Å²) < 4.78 is 0. The van der Waals surface area contributed by atoms with E-state index >= 15 is 0 Å². The van der Waals surface area contributed by atoms with Gasteiger partial charge in [-0.05, 0) is 31.2 Å². The summed E-state index contributed by atoms with van der Waals surface area (Å²) in [5.41, 5.74) is 0.709. The lowest BCUT2D eigenvalue weighted by Crippen LogP contribution is -2.38. The molecule has 70 valence electrons. The summed E-state index contributed by atoms with van der Waals surface area (Å²) in [5.74, 6) is -1.13. The smallest absolute Gasteiger partial charge is 0.0634 e. The first-order chi connectivity index (χ1) is 6.09. The third-order valence-electron chi connectivity index (χ3n) is 1.58. The predicted molar refractivity (Wildman–Crippen MR) is 49.5 cm³/mol. The lowest BCUT2D eigenvalue weighted by Gasteiger charge is -2.15. The molecule has 13 heavy (non-hydrogen) atoms. The standard InChI is InChI=1S/C9H10ClNO2/c1-6(9(12)13)11-8-4-2-7(10)3-5-8/h2-6,11H,1H3,(H,12,13)/p-1/t6-/m1/s1. The van der Waals surface area contributed by atoms with Crippen LogP contribution in [-0.4, -0.2) is 12.0 Å². The predicted octanol–water partition coefficient (Wildman–Crippen LogP) is 0.890. The van der Waals surface area contributed by atoms with Crippen LogP contribution in [0.5, 0.6) is 0 Å². The molecule has 0 saturated heterocycles. The van der Waals surface area contributed by atoms with E-state index in [1.807, 2.05) is 0 Å². The Hall–Kier alpha value is -1.22. The summed E-state index contributed by atoms with van der Waals surface area (Å²) in [7, 11) is 0. The number of aliphatic carboxylic acids is 1. The maximum atomic E-state index is 10.4. The topological polar surface area (TPSA) is 52.2 Å². The van der Waals surface area contributed by atoms with Gasteiger partial charge in [0, 0.05) is 10.7 Å². The van der Waals surface area contributed by atoms with E-state index in [1.165, 1.54) is 6.92 Å². The van der Waals surface area contributed by atoms with E-state index in [4.69, 9.17) is 11.6 Å². The van der Waals surface area contributed by atoms with E-state index in [0.29, 0.717) is 10.7 Å². The van der Waals surface area contributed by atoms with Crippen molar-refractivity contribution in [2.45, 2.75) is 13.0 Å². The number of benzene rings is 1. The van der Waals surface area contributed by atoms with Crippen molar-refractivity contribution in [2.75, 3.05) is 5.32 Å². The van der Waals surface area contributed by atoms with Crippen LogP contribution in [0.3, 0.4) is 0 Å². The molecule has 0 spiro atoms. The minimum atomic E-state index is -1.13. The Labute approximate surface area is 81.3 Å². The molecule has 0 aliphatic carbocycles. The van der Waals surface area contributed by atoms with Crippen LogP contribution in [0.25, 0.3) is 0 Å². The minimum absolute atomic E-state index is 0.617. The Kier molecular flexibility index (Phi) is 3.14. The van der Waals surface area contributed by atoms with Crippen molar-refractivity contribution >= 4 is 23.3 Å². The van der Waals surface area contributed by atoms with Gasteiger partial charge in [-0.1, -0.05) is 11.6 Å². The van der Waals surface area contributed by atoms with Crippen molar-refractivity contribution in [3.05, 3.63) is 29.3 Å². The quantitative estimate of drug-likeness (QED) is 0.785. The van der Waals surface area contributed by atoms with Crippen molar-refractivity contribution in [1.29, 1.82) is 0 Å². The van der Waals surface area contributed by atoms with Gasteiger partial charge in [0.1, 0.15) is 0 Å². The number of rotatable bonds is 3. The second-order valence-corrected chi connectivity index (χ2v) is 3.13. The Bertz CT molecular complexity index is 297. The van der Waals surface area contributed by atoms with Crippen LogP contribution in [0.2, 0.25) is 5.02 Å². The van der Waals surface area contributed by atoms with Crippen molar-refractivity contribution in [3.8, 4) is 0 Å².